The van der Waals surface area contributed by atoms with E-state index in [1.54, 1.807) is 4.90 Å². The van der Waals surface area contributed by atoms with Gasteiger partial charge in [0.05, 0.1) is 6.04 Å². The first-order valence-corrected chi connectivity index (χ1v) is 11.5. The second-order valence-electron chi connectivity index (χ2n) is 9.50. The van der Waals surface area contributed by atoms with E-state index < -0.39 is 11.4 Å². The van der Waals surface area contributed by atoms with Crippen molar-refractivity contribution in [3.05, 3.63) is 35.9 Å². The Labute approximate surface area is 172 Å². The largest absolute Gasteiger partial charge is 0.598 e. The third-order valence-electron chi connectivity index (χ3n) is 6.18. The first-order chi connectivity index (χ1) is 13.2. The number of rotatable bonds is 4. The Morgan fingerprint density at radius 1 is 1.32 bits per heavy atom. The second kappa shape index (κ2) is 8.64. The fourth-order valence-corrected chi connectivity index (χ4v) is 5.39. The molecule has 1 N–H and O–H groups in total. The topological polar surface area (TPSA) is 64.6 Å². The van der Waals surface area contributed by atoms with Gasteiger partial charge in [-0.25, -0.2) is 4.79 Å². The van der Waals surface area contributed by atoms with Crippen LogP contribution < -0.4 is 4.72 Å². The minimum absolute atomic E-state index is 0.0375. The summed E-state index contributed by atoms with van der Waals surface area (Å²) in [5, 5.41) is 0. The summed E-state index contributed by atoms with van der Waals surface area (Å²) in [6, 6.07) is 9.78. The number of nitrogens with one attached hydrogen (secondary N) is 1. The lowest BCUT2D eigenvalue weighted by molar-refractivity contribution is 0.0454. The molecule has 6 heteroatoms. The quantitative estimate of drug-likeness (QED) is 0.759. The van der Waals surface area contributed by atoms with Crippen LogP contribution in [0.2, 0.25) is 0 Å². The lowest BCUT2D eigenvalue weighted by Gasteiger charge is -2.46. The Morgan fingerprint density at radius 2 is 2.04 bits per heavy atom. The number of hydrogen-bond acceptors (Lipinski definition) is 4. The molecule has 1 heterocycles. The third-order valence-corrected chi connectivity index (χ3v) is 7.79. The number of nitrogens with zero attached hydrogens (tertiary/aromatic N) is 1. The van der Waals surface area contributed by atoms with E-state index in [2.05, 4.69) is 11.6 Å². The van der Waals surface area contributed by atoms with Gasteiger partial charge >= 0.3 is 6.09 Å². The summed E-state index contributed by atoms with van der Waals surface area (Å²) in [4.78, 5) is 14.5. The number of carbonyl (C=O) groups excluding carboxylic acids is 1. The molecular formula is C22H34N2O3S. The van der Waals surface area contributed by atoms with Gasteiger partial charge < -0.3 is 14.2 Å². The van der Waals surface area contributed by atoms with Crippen molar-refractivity contribution in [1.29, 1.82) is 0 Å². The second-order valence-corrected chi connectivity index (χ2v) is 11.5. The molecule has 1 aromatic rings. The van der Waals surface area contributed by atoms with Gasteiger partial charge in [-0.2, -0.15) is 0 Å². The fraction of sp³-hybridized carbons (Fsp3) is 0.682. The van der Waals surface area contributed by atoms with Gasteiger partial charge in [0, 0.05) is 24.5 Å². The third kappa shape index (κ3) is 5.02. The summed E-state index contributed by atoms with van der Waals surface area (Å²) in [6.45, 7) is 9.79. The van der Waals surface area contributed by atoms with Crippen molar-refractivity contribution in [2.24, 2.45) is 11.3 Å². The minimum atomic E-state index is -1.16. The van der Waals surface area contributed by atoms with Crippen molar-refractivity contribution in [2.45, 2.75) is 70.8 Å². The van der Waals surface area contributed by atoms with Crippen molar-refractivity contribution in [1.82, 2.24) is 9.62 Å². The number of piperidine rings is 1. The zero-order valence-corrected chi connectivity index (χ0v) is 18.4. The molecule has 3 rings (SSSR count). The highest BCUT2D eigenvalue weighted by Gasteiger charge is 2.50. The SMILES string of the molecule is C[C@H]1CCC2(CCN(C(=O)OCc3ccccc3)CC2N[S+]([O-])C(C)(C)C)C1. The molecule has 1 aliphatic heterocycles. The maximum atomic E-state index is 12.8. The molecule has 5 nitrogen and oxygen atoms in total. The Morgan fingerprint density at radius 3 is 2.64 bits per heavy atom. The molecule has 156 valence electrons. The first-order valence-electron chi connectivity index (χ1n) is 10.3. The molecule has 1 amide bonds. The zero-order chi connectivity index (χ0) is 20.4. The van der Waals surface area contributed by atoms with Crippen LogP contribution in [-0.4, -0.2) is 39.4 Å². The van der Waals surface area contributed by atoms with Crippen LogP contribution in [0, 0.1) is 11.3 Å². The lowest BCUT2D eigenvalue weighted by atomic mass is 9.73. The molecule has 2 fully saturated rings. The van der Waals surface area contributed by atoms with Gasteiger partial charge in [0.25, 0.3) is 0 Å². The summed E-state index contributed by atoms with van der Waals surface area (Å²) >= 11 is -1.16. The smallest absolute Gasteiger partial charge is 0.410 e. The maximum absolute atomic E-state index is 12.8. The van der Waals surface area contributed by atoms with Crippen molar-refractivity contribution in [3.63, 3.8) is 0 Å². The molecular weight excluding hydrogens is 372 g/mol. The van der Waals surface area contributed by atoms with E-state index in [9.17, 15) is 9.35 Å². The van der Waals surface area contributed by atoms with Crippen molar-refractivity contribution >= 4 is 17.5 Å². The van der Waals surface area contributed by atoms with E-state index in [0.29, 0.717) is 19.0 Å². The molecule has 0 radical (unpaired) electrons. The summed E-state index contributed by atoms with van der Waals surface area (Å²) in [5.74, 6) is 0.684. The van der Waals surface area contributed by atoms with Gasteiger partial charge in [0.15, 0.2) is 0 Å². The van der Waals surface area contributed by atoms with Gasteiger partial charge in [-0.15, -0.1) is 4.72 Å². The van der Waals surface area contributed by atoms with E-state index in [1.807, 2.05) is 51.1 Å². The molecule has 1 aliphatic carbocycles. The molecule has 1 aromatic carbocycles. The monoisotopic (exact) mass is 406 g/mol. The fourth-order valence-electron chi connectivity index (χ4n) is 4.46. The molecule has 0 aromatic heterocycles. The number of amides is 1. The Balaban J connectivity index is 1.66. The van der Waals surface area contributed by atoms with E-state index in [-0.39, 0.29) is 28.9 Å². The predicted molar refractivity (Wildman–Crippen MR) is 113 cm³/mol. The van der Waals surface area contributed by atoms with Crippen molar-refractivity contribution in [3.8, 4) is 0 Å². The molecule has 1 saturated heterocycles. The van der Waals surface area contributed by atoms with Gasteiger partial charge in [-0.1, -0.05) is 43.7 Å². The van der Waals surface area contributed by atoms with Crippen molar-refractivity contribution < 1.29 is 14.1 Å². The number of likely N-dealkylation sites (tertiary alicyclic amines) is 1. The summed E-state index contributed by atoms with van der Waals surface area (Å²) in [7, 11) is 0. The highest BCUT2D eigenvalue weighted by atomic mass is 32.2. The van der Waals surface area contributed by atoms with Crippen LogP contribution in [0.5, 0.6) is 0 Å². The molecule has 1 saturated carbocycles. The number of benzene rings is 1. The predicted octanol–water partition coefficient (Wildman–Crippen LogP) is 4.26. The zero-order valence-electron chi connectivity index (χ0n) is 17.6. The standard InChI is InChI=1S/C22H34N2O3S/c1-17-10-11-22(14-17)12-13-24(15-19(22)23-28(26)21(2,3)4)20(25)27-16-18-8-6-5-7-9-18/h5-9,17,19,23H,10-16H2,1-4H3/t17-,19?,22?,28?/m0/s1. The van der Waals surface area contributed by atoms with Crippen LogP contribution in [0.3, 0.4) is 0 Å². The van der Waals surface area contributed by atoms with Gasteiger partial charge in [-0.05, 0) is 56.9 Å². The Kier molecular flexibility index (Phi) is 6.62. The van der Waals surface area contributed by atoms with Crippen LogP contribution in [-0.2, 0) is 22.7 Å². The van der Waals surface area contributed by atoms with Crippen LogP contribution in [0.4, 0.5) is 4.79 Å². The average Bonchev–Trinajstić information content (AvgIpc) is 3.03. The first kappa shape index (κ1) is 21.5. The van der Waals surface area contributed by atoms with Crippen molar-refractivity contribution in [2.75, 3.05) is 13.1 Å². The van der Waals surface area contributed by atoms with E-state index in [0.717, 1.165) is 24.8 Å². The molecule has 0 bridgehead atoms. The van der Waals surface area contributed by atoms with Crippen LogP contribution in [0.25, 0.3) is 0 Å². The summed E-state index contributed by atoms with van der Waals surface area (Å²) in [6.07, 6.45) is 4.15. The molecule has 2 aliphatic rings. The highest BCUT2D eigenvalue weighted by molar-refractivity contribution is 7.90. The van der Waals surface area contributed by atoms with E-state index in [4.69, 9.17) is 4.74 Å². The maximum Gasteiger partial charge on any atom is 0.410 e. The highest BCUT2D eigenvalue weighted by Crippen LogP contribution is 2.49. The van der Waals surface area contributed by atoms with Gasteiger partial charge in [-0.3, -0.25) is 0 Å². The average molecular weight is 407 g/mol. The van der Waals surface area contributed by atoms with Gasteiger partial charge in [0.1, 0.15) is 11.4 Å². The number of ether oxygens (including phenoxy) is 1. The normalized spacial score (nSPS) is 29.1. The molecule has 4 atom stereocenters. The lowest BCUT2D eigenvalue weighted by Crippen LogP contribution is -2.60. The Hall–Kier alpha value is -1.24. The molecule has 28 heavy (non-hydrogen) atoms. The van der Waals surface area contributed by atoms with Crippen LogP contribution in [0.1, 0.15) is 58.9 Å². The number of carbonyl (C=O) groups is 1. The molecule has 1 spiro atoms. The Bertz CT molecular complexity index is 663. The molecule has 3 unspecified atom stereocenters. The number of hydrogen-bond donors (Lipinski definition) is 1. The van der Waals surface area contributed by atoms with Crippen LogP contribution in [0.15, 0.2) is 30.3 Å². The summed E-state index contributed by atoms with van der Waals surface area (Å²) in [5.41, 5.74) is 1.12. The van der Waals surface area contributed by atoms with Gasteiger partial charge in [0.2, 0.25) is 0 Å². The van der Waals surface area contributed by atoms with E-state index >= 15 is 0 Å². The summed E-state index contributed by atoms with van der Waals surface area (Å²) < 4.78 is 21.4. The van der Waals surface area contributed by atoms with Crippen LogP contribution >= 0.6 is 0 Å². The van der Waals surface area contributed by atoms with E-state index in [1.165, 1.54) is 6.42 Å². The minimum Gasteiger partial charge on any atom is -0.598 e.